The van der Waals surface area contributed by atoms with Gasteiger partial charge in [0.1, 0.15) is 0 Å². The molecule has 2 rings (SSSR count). The van der Waals surface area contributed by atoms with Crippen LogP contribution in [0.2, 0.25) is 0 Å². The summed E-state index contributed by atoms with van der Waals surface area (Å²) in [4.78, 5) is 12.4. The molecule has 1 aromatic carbocycles. The quantitative estimate of drug-likeness (QED) is 0.869. The van der Waals surface area contributed by atoms with Crippen molar-refractivity contribution in [3.8, 4) is 0 Å². The van der Waals surface area contributed by atoms with Crippen LogP contribution in [0.5, 0.6) is 0 Å². The average molecular weight is 262 g/mol. The van der Waals surface area contributed by atoms with E-state index < -0.39 is 0 Å². The molecule has 1 aliphatic heterocycles. The number of carbonyl (C=O) groups is 1. The van der Waals surface area contributed by atoms with E-state index in [1.165, 1.54) is 5.56 Å². The fourth-order valence-corrected chi connectivity index (χ4v) is 2.52. The Morgan fingerprint density at radius 3 is 2.89 bits per heavy atom. The maximum absolute atomic E-state index is 12.4. The van der Waals surface area contributed by atoms with Crippen molar-refractivity contribution >= 4 is 11.6 Å². The van der Waals surface area contributed by atoms with Gasteiger partial charge in [-0.05, 0) is 31.5 Å². The molecule has 0 spiro atoms. The maximum atomic E-state index is 12.4. The smallest absolute Gasteiger partial charge is 0.231 e. The predicted octanol–water partition coefficient (Wildman–Crippen LogP) is 1.73. The van der Waals surface area contributed by atoms with Crippen molar-refractivity contribution in [2.45, 2.75) is 26.3 Å². The summed E-state index contributed by atoms with van der Waals surface area (Å²) in [6.45, 7) is 5.21. The van der Waals surface area contributed by atoms with E-state index in [0.29, 0.717) is 13.2 Å². The Bertz CT molecular complexity index is 459. The van der Waals surface area contributed by atoms with E-state index in [0.717, 1.165) is 17.7 Å². The maximum Gasteiger partial charge on any atom is 0.231 e. The highest BCUT2D eigenvalue weighted by atomic mass is 16.5. The van der Waals surface area contributed by atoms with Crippen LogP contribution in [-0.2, 0) is 16.0 Å². The number of amides is 1. The topological polar surface area (TPSA) is 50.4 Å². The Morgan fingerprint density at radius 1 is 1.42 bits per heavy atom. The third-order valence-electron chi connectivity index (χ3n) is 3.78. The van der Waals surface area contributed by atoms with Crippen LogP contribution < -0.4 is 10.6 Å². The summed E-state index contributed by atoms with van der Waals surface area (Å²) >= 11 is 0. The van der Waals surface area contributed by atoms with E-state index in [1.54, 1.807) is 0 Å². The molecule has 0 bridgehead atoms. The molecule has 19 heavy (non-hydrogen) atoms. The lowest BCUT2D eigenvalue weighted by Crippen LogP contribution is -2.39. The summed E-state index contributed by atoms with van der Waals surface area (Å²) < 4.78 is 5.38. The van der Waals surface area contributed by atoms with Gasteiger partial charge >= 0.3 is 0 Å². The molecule has 0 saturated carbocycles. The van der Waals surface area contributed by atoms with Crippen LogP contribution in [0.15, 0.2) is 18.2 Å². The summed E-state index contributed by atoms with van der Waals surface area (Å²) in [5, 5.41) is 6.22. The summed E-state index contributed by atoms with van der Waals surface area (Å²) in [5.74, 6) is -0.0739. The Kier molecular flexibility index (Phi) is 4.56. The van der Waals surface area contributed by atoms with Gasteiger partial charge in [0.2, 0.25) is 5.91 Å². The first-order chi connectivity index (χ1) is 9.17. The van der Waals surface area contributed by atoms with Crippen LogP contribution in [0.3, 0.4) is 0 Å². The molecule has 1 aromatic rings. The van der Waals surface area contributed by atoms with Crippen LogP contribution in [0.1, 0.15) is 18.1 Å². The molecule has 104 valence electrons. The van der Waals surface area contributed by atoms with Gasteiger partial charge in [0.05, 0.1) is 19.1 Å². The molecule has 1 fully saturated rings. The highest BCUT2D eigenvalue weighted by molar-refractivity contribution is 5.94. The Labute approximate surface area is 114 Å². The van der Waals surface area contributed by atoms with Gasteiger partial charge in [-0.15, -0.1) is 0 Å². The first-order valence-corrected chi connectivity index (χ1v) is 6.81. The SMILES string of the molecule is CCc1cccc(C)c1NC(=O)C1COCC1NC. The molecule has 0 aliphatic carbocycles. The van der Waals surface area contributed by atoms with Crippen LogP contribution in [0, 0.1) is 12.8 Å². The fraction of sp³-hybridized carbons (Fsp3) is 0.533. The van der Waals surface area contributed by atoms with Gasteiger partial charge in [0.15, 0.2) is 0 Å². The number of ether oxygens (including phenoxy) is 1. The van der Waals surface area contributed by atoms with Crippen molar-refractivity contribution in [1.82, 2.24) is 5.32 Å². The lowest BCUT2D eigenvalue weighted by atomic mass is 10.0. The standard InChI is InChI=1S/C15H22N2O2/c1-4-11-7-5-6-10(2)14(11)17-15(18)12-8-19-9-13(12)16-3/h5-7,12-13,16H,4,8-9H2,1-3H3,(H,17,18). The molecule has 2 atom stereocenters. The Balaban J connectivity index is 2.15. The largest absolute Gasteiger partial charge is 0.379 e. The molecule has 2 unspecified atom stereocenters. The van der Waals surface area contributed by atoms with Gasteiger partial charge in [0, 0.05) is 11.7 Å². The van der Waals surface area contributed by atoms with Crippen molar-refractivity contribution in [1.29, 1.82) is 0 Å². The van der Waals surface area contributed by atoms with Crippen LogP contribution in [0.25, 0.3) is 0 Å². The predicted molar refractivity (Wildman–Crippen MR) is 76.3 cm³/mol. The van der Waals surface area contributed by atoms with Crippen LogP contribution >= 0.6 is 0 Å². The van der Waals surface area contributed by atoms with Crippen molar-refractivity contribution in [2.24, 2.45) is 5.92 Å². The molecule has 1 aliphatic rings. The van der Waals surface area contributed by atoms with E-state index in [2.05, 4.69) is 23.6 Å². The van der Waals surface area contributed by atoms with Crippen molar-refractivity contribution < 1.29 is 9.53 Å². The number of benzene rings is 1. The zero-order valence-electron chi connectivity index (χ0n) is 11.8. The summed E-state index contributed by atoms with van der Waals surface area (Å²) in [7, 11) is 1.87. The minimum Gasteiger partial charge on any atom is -0.379 e. The Hall–Kier alpha value is -1.39. The second kappa shape index (κ2) is 6.17. The third-order valence-corrected chi connectivity index (χ3v) is 3.78. The zero-order valence-corrected chi connectivity index (χ0v) is 11.8. The molecular weight excluding hydrogens is 240 g/mol. The number of para-hydroxylation sites is 1. The number of rotatable bonds is 4. The highest BCUT2D eigenvalue weighted by Gasteiger charge is 2.33. The number of hydrogen-bond acceptors (Lipinski definition) is 3. The average Bonchev–Trinajstić information content (AvgIpc) is 2.89. The zero-order chi connectivity index (χ0) is 13.8. The monoisotopic (exact) mass is 262 g/mol. The second-order valence-electron chi connectivity index (χ2n) is 4.99. The van der Waals surface area contributed by atoms with Gasteiger partial charge in [-0.25, -0.2) is 0 Å². The molecule has 4 heteroatoms. The molecule has 2 N–H and O–H groups in total. The minimum absolute atomic E-state index is 0.0425. The molecule has 0 aromatic heterocycles. The van der Waals surface area contributed by atoms with E-state index >= 15 is 0 Å². The third kappa shape index (κ3) is 2.96. The molecule has 1 amide bonds. The van der Waals surface area contributed by atoms with Crippen LogP contribution in [0.4, 0.5) is 5.69 Å². The van der Waals surface area contributed by atoms with E-state index in [9.17, 15) is 4.79 Å². The minimum atomic E-state index is -0.116. The molecule has 1 heterocycles. The normalized spacial score (nSPS) is 22.5. The fourth-order valence-electron chi connectivity index (χ4n) is 2.52. The lowest BCUT2D eigenvalue weighted by Gasteiger charge is -2.19. The molecule has 0 radical (unpaired) electrons. The molecular formula is C15H22N2O2. The first-order valence-electron chi connectivity index (χ1n) is 6.81. The van der Waals surface area contributed by atoms with E-state index in [4.69, 9.17) is 4.74 Å². The summed E-state index contributed by atoms with van der Waals surface area (Å²) in [6, 6.07) is 6.21. The number of nitrogens with one attached hydrogen (secondary N) is 2. The highest BCUT2D eigenvalue weighted by Crippen LogP contribution is 2.23. The molecule has 4 nitrogen and oxygen atoms in total. The number of hydrogen-bond donors (Lipinski definition) is 2. The second-order valence-corrected chi connectivity index (χ2v) is 4.99. The van der Waals surface area contributed by atoms with Gasteiger partial charge in [0.25, 0.3) is 0 Å². The summed E-state index contributed by atoms with van der Waals surface area (Å²) in [5.41, 5.74) is 3.23. The van der Waals surface area contributed by atoms with Crippen molar-refractivity contribution in [3.05, 3.63) is 29.3 Å². The van der Waals surface area contributed by atoms with Gasteiger partial charge in [-0.3, -0.25) is 4.79 Å². The number of likely N-dealkylation sites (N-methyl/N-ethyl adjacent to an activating group) is 1. The van der Waals surface area contributed by atoms with E-state index in [-0.39, 0.29) is 17.9 Å². The van der Waals surface area contributed by atoms with Gasteiger partial charge in [-0.1, -0.05) is 25.1 Å². The lowest BCUT2D eigenvalue weighted by molar-refractivity contribution is -0.120. The molecule has 1 saturated heterocycles. The number of anilines is 1. The van der Waals surface area contributed by atoms with Crippen molar-refractivity contribution in [3.63, 3.8) is 0 Å². The summed E-state index contributed by atoms with van der Waals surface area (Å²) in [6.07, 6.45) is 0.911. The van der Waals surface area contributed by atoms with E-state index in [1.807, 2.05) is 26.1 Å². The Morgan fingerprint density at radius 2 is 2.21 bits per heavy atom. The first kappa shape index (κ1) is 14.0. The number of aryl methyl sites for hydroxylation is 2. The van der Waals surface area contributed by atoms with Crippen LogP contribution in [-0.4, -0.2) is 32.2 Å². The van der Waals surface area contributed by atoms with Crippen molar-refractivity contribution in [2.75, 3.05) is 25.6 Å². The van der Waals surface area contributed by atoms with Gasteiger partial charge in [-0.2, -0.15) is 0 Å². The van der Waals surface area contributed by atoms with Gasteiger partial charge < -0.3 is 15.4 Å². The number of carbonyl (C=O) groups excluding carboxylic acids is 1.